The first-order valence-corrected chi connectivity index (χ1v) is 3.77. The smallest absolute Gasteiger partial charge is 0.0678 e. The molecule has 1 aliphatic rings. The number of hydrogen-bond donors (Lipinski definition) is 0. The number of benzene rings is 1. The van der Waals surface area contributed by atoms with Crippen LogP contribution in [0.3, 0.4) is 0 Å². The van der Waals surface area contributed by atoms with Gasteiger partial charge in [0.1, 0.15) is 0 Å². The predicted molar refractivity (Wildman–Crippen MR) is 43.1 cm³/mol. The van der Waals surface area contributed by atoms with E-state index in [9.17, 15) is 9.90 Å². The molecule has 1 aromatic carbocycles. The van der Waals surface area contributed by atoms with E-state index in [2.05, 4.69) is 0 Å². The lowest BCUT2D eigenvalue weighted by molar-refractivity contribution is -0.299. The minimum Gasteiger partial charge on any atom is -0.545 e. The third-order valence-electron chi connectivity index (χ3n) is 2.03. The number of carboxylic acids is 1. The van der Waals surface area contributed by atoms with Crippen molar-refractivity contribution in [1.82, 2.24) is 0 Å². The van der Waals surface area contributed by atoms with Crippen molar-refractivity contribution < 1.29 is 9.90 Å². The summed E-state index contributed by atoms with van der Waals surface area (Å²) >= 11 is 0. The third-order valence-corrected chi connectivity index (χ3v) is 2.03. The molecule has 60 valence electrons. The molecule has 0 atom stereocenters. The van der Waals surface area contributed by atoms with Crippen LogP contribution in [-0.4, -0.2) is 5.97 Å². The number of carboxylic acid groups (broad SMARTS) is 1. The number of carbonyl (C=O) groups excluding carboxylic acids is 1. The largest absolute Gasteiger partial charge is 0.545 e. The Morgan fingerprint density at radius 2 is 2.08 bits per heavy atom. The molecule has 0 bridgehead atoms. The van der Waals surface area contributed by atoms with Gasteiger partial charge in [0.05, 0.1) is 5.97 Å². The van der Waals surface area contributed by atoms with E-state index in [4.69, 9.17) is 0 Å². The SMILES string of the molecule is O=C([O-])C1=Cc2ccccc2C1. The Hall–Kier alpha value is -1.57. The second-order valence-corrected chi connectivity index (χ2v) is 2.83. The van der Waals surface area contributed by atoms with Gasteiger partial charge in [0.25, 0.3) is 0 Å². The first-order valence-electron chi connectivity index (χ1n) is 3.77. The van der Waals surface area contributed by atoms with E-state index >= 15 is 0 Å². The number of aliphatic carboxylic acids is 1. The van der Waals surface area contributed by atoms with Crippen LogP contribution in [0.2, 0.25) is 0 Å². The molecular formula is C10H7O2-. The van der Waals surface area contributed by atoms with Crippen LogP contribution in [0.4, 0.5) is 0 Å². The van der Waals surface area contributed by atoms with Crippen LogP contribution in [-0.2, 0) is 11.2 Å². The van der Waals surface area contributed by atoms with Gasteiger partial charge in [-0.05, 0) is 29.2 Å². The van der Waals surface area contributed by atoms with Crippen LogP contribution in [0, 0.1) is 0 Å². The average Bonchev–Trinajstić information content (AvgIpc) is 2.46. The molecule has 2 nitrogen and oxygen atoms in total. The molecule has 12 heavy (non-hydrogen) atoms. The summed E-state index contributed by atoms with van der Waals surface area (Å²) in [5.74, 6) is -1.06. The fourth-order valence-corrected chi connectivity index (χ4v) is 1.41. The first-order chi connectivity index (χ1) is 5.77. The van der Waals surface area contributed by atoms with Crippen molar-refractivity contribution in [2.24, 2.45) is 0 Å². The van der Waals surface area contributed by atoms with Gasteiger partial charge in [-0.2, -0.15) is 0 Å². The Kier molecular flexibility index (Phi) is 1.47. The molecule has 1 aromatic rings. The number of rotatable bonds is 1. The normalized spacial score (nSPS) is 13.8. The van der Waals surface area contributed by atoms with E-state index < -0.39 is 5.97 Å². The molecule has 0 saturated carbocycles. The fraction of sp³-hybridized carbons (Fsp3) is 0.100. The van der Waals surface area contributed by atoms with Crippen molar-refractivity contribution in [2.45, 2.75) is 6.42 Å². The summed E-state index contributed by atoms with van der Waals surface area (Å²) in [6, 6.07) is 7.64. The van der Waals surface area contributed by atoms with Gasteiger partial charge >= 0.3 is 0 Å². The summed E-state index contributed by atoms with van der Waals surface area (Å²) in [7, 11) is 0. The molecule has 0 aromatic heterocycles. The van der Waals surface area contributed by atoms with E-state index in [1.807, 2.05) is 24.3 Å². The van der Waals surface area contributed by atoms with E-state index in [1.165, 1.54) is 0 Å². The molecule has 0 aliphatic heterocycles. The van der Waals surface area contributed by atoms with Crippen LogP contribution < -0.4 is 5.11 Å². The highest BCUT2D eigenvalue weighted by atomic mass is 16.4. The number of carbonyl (C=O) groups is 1. The fourth-order valence-electron chi connectivity index (χ4n) is 1.41. The zero-order chi connectivity index (χ0) is 8.55. The monoisotopic (exact) mass is 159 g/mol. The predicted octanol–water partition coefficient (Wildman–Crippen LogP) is 0.376. The quantitative estimate of drug-likeness (QED) is 0.594. The van der Waals surface area contributed by atoms with E-state index in [0.717, 1.165) is 11.1 Å². The molecule has 0 N–H and O–H groups in total. The third kappa shape index (κ3) is 1.01. The van der Waals surface area contributed by atoms with Crippen molar-refractivity contribution >= 4 is 12.0 Å². The molecule has 0 radical (unpaired) electrons. The van der Waals surface area contributed by atoms with Crippen molar-refractivity contribution in [3.63, 3.8) is 0 Å². The Bertz CT molecular complexity index is 364. The summed E-state index contributed by atoms with van der Waals surface area (Å²) in [5, 5.41) is 10.5. The highest BCUT2D eigenvalue weighted by molar-refractivity contribution is 5.93. The van der Waals surface area contributed by atoms with Crippen molar-refractivity contribution in [3.8, 4) is 0 Å². The molecular weight excluding hydrogens is 152 g/mol. The minimum absolute atomic E-state index is 0.371. The Morgan fingerprint density at radius 3 is 2.75 bits per heavy atom. The summed E-state index contributed by atoms with van der Waals surface area (Å²) in [6.45, 7) is 0. The van der Waals surface area contributed by atoms with Crippen molar-refractivity contribution in [3.05, 3.63) is 41.0 Å². The van der Waals surface area contributed by atoms with Gasteiger partial charge in [0.2, 0.25) is 0 Å². The Balaban J connectivity index is 2.41. The van der Waals surface area contributed by atoms with Gasteiger partial charge in [-0.1, -0.05) is 24.3 Å². The van der Waals surface area contributed by atoms with Crippen LogP contribution in [0.5, 0.6) is 0 Å². The van der Waals surface area contributed by atoms with Crippen molar-refractivity contribution in [1.29, 1.82) is 0 Å². The average molecular weight is 159 g/mol. The van der Waals surface area contributed by atoms with Gasteiger partial charge < -0.3 is 9.90 Å². The highest BCUT2D eigenvalue weighted by Gasteiger charge is 2.11. The summed E-state index contributed by atoms with van der Waals surface area (Å²) in [5.41, 5.74) is 2.43. The van der Waals surface area contributed by atoms with Gasteiger partial charge in [-0.25, -0.2) is 0 Å². The van der Waals surface area contributed by atoms with Gasteiger partial charge in [-0.15, -0.1) is 0 Å². The lowest BCUT2D eigenvalue weighted by Crippen LogP contribution is -2.24. The summed E-state index contributed by atoms with van der Waals surface area (Å²) < 4.78 is 0. The second-order valence-electron chi connectivity index (χ2n) is 2.83. The van der Waals surface area contributed by atoms with Crippen LogP contribution in [0.1, 0.15) is 11.1 Å². The van der Waals surface area contributed by atoms with E-state index in [-0.39, 0.29) is 0 Å². The molecule has 2 rings (SSSR count). The van der Waals surface area contributed by atoms with Crippen LogP contribution in [0.15, 0.2) is 29.8 Å². The zero-order valence-electron chi connectivity index (χ0n) is 6.41. The van der Waals surface area contributed by atoms with Crippen LogP contribution >= 0.6 is 0 Å². The maximum absolute atomic E-state index is 10.5. The molecule has 1 aliphatic carbocycles. The molecule has 2 heteroatoms. The molecule has 0 fully saturated rings. The Labute approximate surface area is 70.2 Å². The summed E-state index contributed by atoms with van der Waals surface area (Å²) in [4.78, 5) is 10.5. The maximum atomic E-state index is 10.5. The first kappa shape index (κ1) is 7.10. The highest BCUT2D eigenvalue weighted by Crippen LogP contribution is 2.23. The summed E-state index contributed by atoms with van der Waals surface area (Å²) in [6.07, 6.45) is 2.17. The number of fused-ring (bicyclic) bond motifs is 1. The zero-order valence-corrected chi connectivity index (χ0v) is 6.41. The standard InChI is InChI=1S/C10H8O2/c11-10(12)9-5-7-3-1-2-4-8(7)6-9/h1-5H,6H2,(H,11,12)/p-1. The molecule has 0 unspecified atom stereocenters. The van der Waals surface area contributed by atoms with E-state index in [1.54, 1.807) is 6.08 Å². The maximum Gasteiger partial charge on any atom is 0.0678 e. The van der Waals surface area contributed by atoms with E-state index in [0.29, 0.717) is 12.0 Å². The molecule has 0 amide bonds. The van der Waals surface area contributed by atoms with Crippen LogP contribution in [0.25, 0.3) is 6.08 Å². The van der Waals surface area contributed by atoms with Gasteiger partial charge in [0.15, 0.2) is 0 Å². The topological polar surface area (TPSA) is 40.1 Å². The lowest BCUT2D eigenvalue weighted by atomic mass is 10.1. The molecule has 0 heterocycles. The molecule has 0 spiro atoms. The van der Waals surface area contributed by atoms with Gasteiger partial charge in [0, 0.05) is 0 Å². The molecule has 0 saturated heterocycles. The van der Waals surface area contributed by atoms with Gasteiger partial charge in [-0.3, -0.25) is 0 Å². The van der Waals surface area contributed by atoms with Crippen molar-refractivity contribution in [2.75, 3.05) is 0 Å². The number of hydrogen-bond acceptors (Lipinski definition) is 2. The lowest BCUT2D eigenvalue weighted by Gasteiger charge is -2.00. The Morgan fingerprint density at radius 1 is 1.33 bits per heavy atom. The minimum atomic E-state index is -1.06. The second kappa shape index (κ2) is 2.48.